The summed E-state index contributed by atoms with van der Waals surface area (Å²) in [5.74, 6) is -1.83. The van der Waals surface area contributed by atoms with Crippen LogP contribution < -0.4 is 10.6 Å². The number of halogens is 2. The van der Waals surface area contributed by atoms with E-state index in [0.29, 0.717) is 27.0 Å². The number of aliphatic carboxylic acids is 1. The minimum Gasteiger partial charge on any atom is -0.479 e. The average molecular weight is 427 g/mol. The van der Waals surface area contributed by atoms with Crippen LogP contribution in [0.1, 0.15) is 19.4 Å². The molecule has 0 radical (unpaired) electrons. The van der Waals surface area contributed by atoms with Crippen LogP contribution in [0, 0.1) is 0 Å². The lowest BCUT2D eigenvalue weighted by Gasteiger charge is -2.14. The second-order valence-electron chi connectivity index (χ2n) is 5.57. The maximum atomic E-state index is 11.7. The molecule has 0 atom stereocenters. The monoisotopic (exact) mass is 426 g/mol. The Kier molecular flexibility index (Phi) is 11.0. The van der Waals surface area contributed by atoms with Gasteiger partial charge in [0, 0.05) is 5.69 Å². The second kappa shape index (κ2) is 13.0. The number of carbonyl (C=O) groups is 2. The second-order valence-corrected chi connectivity index (χ2v) is 6.38. The van der Waals surface area contributed by atoms with Crippen molar-refractivity contribution >= 4 is 46.5 Å². The molecule has 0 heterocycles. The van der Waals surface area contributed by atoms with Gasteiger partial charge < -0.3 is 20.5 Å². The van der Waals surface area contributed by atoms with Crippen LogP contribution in [-0.4, -0.2) is 36.7 Å². The first-order chi connectivity index (χ1) is 13.4. The van der Waals surface area contributed by atoms with Gasteiger partial charge in [-0.3, -0.25) is 4.79 Å². The van der Waals surface area contributed by atoms with Gasteiger partial charge in [-0.15, -0.1) is 0 Å². The van der Waals surface area contributed by atoms with Gasteiger partial charge in [-0.05, 0) is 36.9 Å². The molecule has 0 bridgehead atoms. The van der Waals surface area contributed by atoms with Crippen LogP contribution in [-0.2, 0) is 20.7 Å². The normalized spacial score (nSPS) is 9.86. The SMILES string of the molecule is CCNCC.O=C(O)COC(=O)Cc1ccccc1Nc1c(Cl)cccc1Cl. The first-order valence-corrected chi connectivity index (χ1v) is 9.51. The number of esters is 1. The third-order valence-electron chi connectivity index (χ3n) is 3.43. The molecule has 2 aromatic rings. The predicted molar refractivity (Wildman–Crippen MR) is 113 cm³/mol. The van der Waals surface area contributed by atoms with E-state index in [-0.39, 0.29) is 6.42 Å². The van der Waals surface area contributed by atoms with E-state index in [0.717, 1.165) is 13.1 Å². The first kappa shape index (κ1) is 23.8. The lowest BCUT2D eigenvalue weighted by molar-refractivity contribution is -0.154. The number of benzene rings is 2. The number of hydrogen-bond donors (Lipinski definition) is 3. The lowest BCUT2D eigenvalue weighted by atomic mass is 10.1. The number of rotatable bonds is 8. The molecule has 28 heavy (non-hydrogen) atoms. The highest BCUT2D eigenvalue weighted by atomic mass is 35.5. The van der Waals surface area contributed by atoms with E-state index < -0.39 is 18.5 Å². The van der Waals surface area contributed by atoms with Gasteiger partial charge in [0.2, 0.25) is 0 Å². The Bertz CT molecular complexity index is 762. The van der Waals surface area contributed by atoms with E-state index in [1.807, 2.05) is 0 Å². The standard InChI is InChI=1S/C16H13Cl2NO4.C4H11N/c17-11-5-3-6-12(18)16(11)19-13-7-2-1-4-10(13)8-15(22)23-9-14(20)21;1-3-5-4-2/h1-7,19H,8-9H2,(H,20,21);5H,3-4H2,1-2H3. The molecule has 152 valence electrons. The van der Waals surface area contributed by atoms with Gasteiger partial charge in [0.1, 0.15) is 0 Å². The summed E-state index contributed by atoms with van der Waals surface area (Å²) in [4.78, 5) is 22.1. The van der Waals surface area contributed by atoms with Crippen LogP contribution in [0.15, 0.2) is 42.5 Å². The molecular weight excluding hydrogens is 403 g/mol. The van der Waals surface area contributed by atoms with Crippen LogP contribution in [0.3, 0.4) is 0 Å². The van der Waals surface area contributed by atoms with Crippen molar-refractivity contribution in [2.24, 2.45) is 0 Å². The van der Waals surface area contributed by atoms with Crippen molar-refractivity contribution < 1.29 is 19.4 Å². The Labute approximate surface area is 174 Å². The maximum Gasteiger partial charge on any atom is 0.341 e. The molecule has 0 aliphatic rings. The number of anilines is 2. The Morgan fingerprint density at radius 3 is 2.14 bits per heavy atom. The first-order valence-electron chi connectivity index (χ1n) is 8.76. The van der Waals surface area contributed by atoms with Crippen molar-refractivity contribution in [3.63, 3.8) is 0 Å². The molecule has 0 amide bonds. The predicted octanol–water partition coefficient (Wildman–Crippen LogP) is 4.52. The molecule has 6 nitrogen and oxygen atoms in total. The number of hydrogen-bond acceptors (Lipinski definition) is 5. The Morgan fingerprint density at radius 2 is 1.61 bits per heavy atom. The number of carboxylic acid groups (broad SMARTS) is 1. The zero-order chi connectivity index (χ0) is 20.9. The fourth-order valence-corrected chi connectivity index (χ4v) is 2.64. The molecule has 0 fully saturated rings. The van der Waals surface area contributed by atoms with E-state index in [1.165, 1.54) is 0 Å². The quantitative estimate of drug-likeness (QED) is 0.537. The third-order valence-corrected chi connectivity index (χ3v) is 4.06. The summed E-state index contributed by atoms with van der Waals surface area (Å²) in [7, 11) is 0. The minimum absolute atomic E-state index is 0.0709. The van der Waals surface area contributed by atoms with Crippen LogP contribution in [0.2, 0.25) is 10.0 Å². The lowest BCUT2D eigenvalue weighted by Crippen LogP contribution is -2.15. The number of carboxylic acids is 1. The van der Waals surface area contributed by atoms with Crippen LogP contribution in [0.25, 0.3) is 0 Å². The fraction of sp³-hybridized carbons (Fsp3) is 0.300. The van der Waals surface area contributed by atoms with Gasteiger partial charge in [0.25, 0.3) is 0 Å². The average Bonchev–Trinajstić information content (AvgIpc) is 2.65. The summed E-state index contributed by atoms with van der Waals surface area (Å²) in [6, 6.07) is 12.2. The maximum absolute atomic E-state index is 11.7. The number of ether oxygens (including phenoxy) is 1. The molecular formula is C20H24Cl2N2O4. The van der Waals surface area contributed by atoms with Crippen molar-refractivity contribution in [1.29, 1.82) is 0 Å². The summed E-state index contributed by atoms with van der Waals surface area (Å²) < 4.78 is 4.64. The Balaban J connectivity index is 0.000000696. The van der Waals surface area contributed by atoms with Gasteiger partial charge in [-0.1, -0.05) is 61.3 Å². The van der Waals surface area contributed by atoms with Gasteiger partial charge in [-0.2, -0.15) is 0 Å². The highest BCUT2D eigenvalue weighted by Gasteiger charge is 2.12. The fourth-order valence-electron chi connectivity index (χ4n) is 2.15. The molecule has 0 spiro atoms. The molecule has 3 N–H and O–H groups in total. The van der Waals surface area contributed by atoms with Crippen molar-refractivity contribution in [2.75, 3.05) is 25.0 Å². The topological polar surface area (TPSA) is 87.7 Å². The van der Waals surface area contributed by atoms with Crippen molar-refractivity contribution in [3.8, 4) is 0 Å². The molecule has 2 rings (SSSR count). The molecule has 2 aromatic carbocycles. The van der Waals surface area contributed by atoms with E-state index in [2.05, 4.69) is 29.2 Å². The van der Waals surface area contributed by atoms with Crippen molar-refractivity contribution in [2.45, 2.75) is 20.3 Å². The summed E-state index contributed by atoms with van der Waals surface area (Å²) in [6.45, 7) is 5.73. The van der Waals surface area contributed by atoms with Crippen LogP contribution in [0.5, 0.6) is 0 Å². The van der Waals surface area contributed by atoms with Gasteiger partial charge in [-0.25, -0.2) is 4.79 Å². The molecule has 8 heteroatoms. The van der Waals surface area contributed by atoms with Crippen LogP contribution >= 0.6 is 23.2 Å². The summed E-state index contributed by atoms with van der Waals surface area (Å²) in [5.41, 5.74) is 1.80. The van der Waals surface area contributed by atoms with E-state index >= 15 is 0 Å². The van der Waals surface area contributed by atoms with Gasteiger partial charge >= 0.3 is 11.9 Å². The van der Waals surface area contributed by atoms with E-state index in [9.17, 15) is 9.59 Å². The zero-order valence-corrected chi connectivity index (χ0v) is 17.3. The molecule has 0 aliphatic heterocycles. The molecule has 0 saturated heterocycles. The largest absolute Gasteiger partial charge is 0.479 e. The summed E-state index contributed by atoms with van der Waals surface area (Å²) >= 11 is 12.2. The Hall–Kier alpha value is -2.28. The summed E-state index contributed by atoms with van der Waals surface area (Å²) in [5, 5.41) is 15.6. The number of carbonyl (C=O) groups excluding carboxylic acids is 1. The highest BCUT2D eigenvalue weighted by molar-refractivity contribution is 6.39. The molecule has 0 unspecified atom stereocenters. The third kappa shape index (κ3) is 8.61. The van der Waals surface area contributed by atoms with E-state index in [4.69, 9.17) is 28.3 Å². The Morgan fingerprint density at radius 1 is 1.00 bits per heavy atom. The molecule has 0 saturated carbocycles. The van der Waals surface area contributed by atoms with Crippen molar-refractivity contribution in [1.82, 2.24) is 5.32 Å². The van der Waals surface area contributed by atoms with E-state index in [1.54, 1.807) is 42.5 Å². The smallest absolute Gasteiger partial charge is 0.341 e. The van der Waals surface area contributed by atoms with Crippen molar-refractivity contribution in [3.05, 3.63) is 58.1 Å². The number of nitrogens with one attached hydrogen (secondary N) is 2. The number of para-hydroxylation sites is 2. The zero-order valence-electron chi connectivity index (χ0n) is 15.8. The molecule has 0 aromatic heterocycles. The molecule has 0 aliphatic carbocycles. The van der Waals surface area contributed by atoms with Gasteiger partial charge in [0.05, 0.1) is 22.2 Å². The summed E-state index contributed by atoms with van der Waals surface area (Å²) in [6.07, 6.45) is -0.0709. The minimum atomic E-state index is -1.20. The van der Waals surface area contributed by atoms with Crippen LogP contribution in [0.4, 0.5) is 11.4 Å². The van der Waals surface area contributed by atoms with Gasteiger partial charge in [0.15, 0.2) is 6.61 Å². The highest BCUT2D eigenvalue weighted by Crippen LogP contribution is 2.33.